The van der Waals surface area contributed by atoms with Crippen molar-refractivity contribution in [2.24, 2.45) is 0 Å². The second-order valence-corrected chi connectivity index (χ2v) is 7.08. The van der Waals surface area contributed by atoms with Crippen LogP contribution in [0.4, 0.5) is 5.69 Å². The van der Waals surface area contributed by atoms with E-state index in [9.17, 15) is 5.02 Å². The number of ether oxygens (including phenoxy) is 1. The summed E-state index contributed by atoms with van der Waals surface area (Å²) >= 11 is 2.24. The first kappa shape index (κ1) is 19.9. The van der Waals surface area contributed by atoms with Crippen molar-refractivity contribution >= 4 is 46.2 Å². The molecule has 0 unspecified atom stereocenters. The minimum atomic E-state index is -0.689. The molecule has 0 amide bonds. The summed E-state index contributed by atoms with van der Waals surface area (Å²) in [5, 5.41) is 13.7. The van der Waals surface area contributed by atoms with Crippen LogP contribution in [0.2, 0.25) is 6.82 Å². The molecule has 140 valence electrons. The maximum Gasteiger partial charge on any atom is 0.406 e. The lowest BCUT2D eigenvalue weighted by molar-refractivity contribution is -0.282. The van der Waals surface area contributed by atoms with Gasteiger partial charge in [-0.25, -0.2) is 9.78 Å². The van der Waals surface area contributed by atoms with E-state index in [-0.39, 0.29) is 0 Å². The predicted octanol–water partition coefficient (Wildman–Crippen LogP) is 4.02. The number of benzene rings is 2. The topological polar surface area (TPSA) is 72.8 Å². The summed E-state index contributed by atoms with van der Waals surface area (Å²) < 4.78 is 7.01. The van der Waals surface area contributed by atoms with Gasteiger partial charge in [-0.2, -0.15) is 0 Å². The average molecular weight is 478 g/mol. The van der Waals surface area contributed by atoms with Crippen molar-refractivity contribution in [3.63, 3.8) is 0 Å². The zero-order valence-corrected chi connectivity index (χ0v) is 17.3. The van der Waals surface area contributed by atoms with E-state index in [1.54, 1.807) is 13.0 Å². The lowest BCUT2D eigenvalue weighted by Crippen LogP contribution is -2.20. The average Bonchev–Trinajstić information content (AvgIpc) is 2.68. The lowest BCUT2D eigenvalue weighted by atomic mass is 9.88. The second-order valence-electron chi connectivity index (χ2n) is 6.00. The molecule has 2 N–H and O–H groups in total. The number of nitrogens with zero attached hydrogens (tertiary/aromatic N) is 1. The molecular weight excluding hydrogens is 458 g/mol. The molecule has 0 aliphatic carbocycles. The van der Waals surface area contributed by atoms with Crippen molar-refractivity contribution in [2.45, 2.75) is 20.0 Å². The number of anilines is 1. The van der Waals surface area contributed by atoms with Gasteiger partial charge in [0, 0.05) is 26.9 Å². The Kier molecular flexibility index (Phi) is 6.89. The molecule has 8 heteroatoms. The normalized spacial score (nSPS) is 10.8. The molecule has 0 fully saturated rings. The van der Waals surface area contributed by atoms with Gasteiger partial charge in [0.2, 0.25) is 0 Å². The van der Waals surface area contributed by atoms with Crippen LogP contribution in [-0.4, -0.2) is 24.2 Å². The van der Waals surface area contributed by atoms with Crippen molar-refractivity contribution in [1.82, 2.24) is 4.98 Å². The Bertz CT molecular complexity index is 909. The van der Waals surface area contributed by atoms with Crippen LogP contribution in [0.15, 0.2) is 48.7 Å². The second kappa shape index (κ2) is 9.36. The van der Waals surface area contributed by atoms with Crippen molar-refractivity contribution in [3.05, 3.63) is 63.4 Å². The predicted molar refractivity (Wildman–Crippen MR) is 114 cm³/mol. The van der Waals surface area contributed by atoms with Gasteiger partial charge in [0.1, 0.15) is 24.5 Å². The zero-order chi connectivity index (χ0) is 19.2. The number of fused-ring (bicyclic) bond motifs is 1. The minimum absolute atomic E-state index is 0.295. The van der Waals surface area contributed by atoms with Crippen molar-refractivity contribution in [3.8, 4) is 5.75 Å². The molecule has 0 aliphatic heterocycles. The van der Waals surface area contributed by atoms with Crippen molar-refractivity contribution in [2.75, 3.05) is 12.3 Å². The SMILES string of the molecule is COOCc1cnc2c(OCc3ccccc3)cc(NB(C)O)c(I)c2c1. The molecule has 0 bridgehead atoms. The molecular formula is C19H20BIN2O4. The summed E-state index contributed by atoms with van der Waals surface area (Å²) in [5.74, 6) is 0.650. The third kappa shape index (κ3) is 5.10. The fraction of sp³-hybridized carbons (Fsp3) is 0.211. The fourth-order valence-corrected chi connectivity index (χ4v) is 3.38. The third-order valence-corrected chi connectivity index (χ3v) is 5.03. The lowest BCUT2D eigenvalue weighted by Gasteiger charge is -2.16. The smallest absolute Gasteiger partial charge is 0.406 e. The number of hydrogen-bond donors (Lipinski definition) is 2. The van der Waals surface area contributed by atoms with E-state index >= 15 is 0 Å². The van der Waals surface area contributed by atoms with E-state index < -0.39 is 7.05 Å². The van der Waals surface area contributed by atoms with Crippen LogP contribution in [0.5, 0.6) is 5.75 Å². The largest absolute Gasteiger partial charge is 0.487 e. The summed E-state index contributed by atoms with van der Waals surface area (Å²) in [7, 11) is 0.782. The van der Waals surface area contributed by atoms with Crippen LogP contribution in [0.3, 0.4) is 0 Å². The molecule has 0 aliphatic rings. The van der Waals surface area contributed by atoms with Gasteiger partial charge >= 0.3 is 7.05 Å². The van der Waals surface area contributed by atoms with Crippen molar-refractivity contribution in [1.29, 1.82) is 0 Å². The molecule has 0 saturated carbocycles. The Labute approximate surface area is 172 Å². The van der Waals surface area contributed by atoms with E-state index in [2.05, 4.69) is 37.7 Å². The molecule has 1 heterocycles. The highest BCUT2D eigenvalue weighted by atomic mass is 127. The van der Waals surface area contributed by atoms with Gasteiger partial charge in [0.25, 0.3) is 0 Å². The molecule has 0 atom stereocenters. The Hall–Kier alpha value is -1.88. The number of hydrogen-bond acceptors (Lipinski definition) is 6. The highest BCUT2D eigenvalue weighted by Gasteiger charge is 2.16. The van der Waals surface area contributed by atoms with Crippen molar-refractivity contribution < 1.29 is 19.5 Å². The van der Waals surface area contributed by atoms with Gasteiger partial charge in [-0.05, 0) is 46.6 Å². The van der Waals surface area contributed by atoms with Crippen LogP contribution in [0, 0.1) is 3.57 Å². The third-order valence-electron chi connectivity index (χ3n) is 3.87. The Morgan fingerprint density at radius 1 is 1.15 bits per heavy atom. The molecule has 3 rings (SSSR count). The Balaban J connectivity index is 2.00. The first-order valence-corrected chi connectivity index (χ1v) is 9.54. The molecule has 2 aromatic carbocycles. The van der Waals surface area contributed by atoms with E-state index in [1.165, 1.54) is 7.11 Å². The number of aromatic nitrogens is 1. The number of rotatable bonds is 8. The maximum atomic E-state index is 9.76. The Morgan fingerprint density at radius 3 is 2.63 bits per heavy atom. The fourth-order valence-electron chi connectivity index (χ4n) is 2.66. The Morgan fingerprint density at radius 2 is 1.93 bits per heavy atom. The molecule has 0 spiro atoms. The van der Waals surface area contributed by atoms with Crippen LogP contribution in [0.25, 0.3) is 10.9 Å². The molecule has 0 radical (unpaired) electrons. The van der Waals surface area contributed by atoms with E-state index in [0.29, 0.717) is 19.0 Å². The monoisotopic (exact) mass is 478 g/mol. The van der Waals surface area contributed by atoms with Gasteiger partial charge < -0.3 is 15.0 Å². The summed E-state index contributed by atoms with van der Waals surface area (Å²) in [4.78, 5) is 14.3. The molecule has 27 heavy (non-hydrogen) atoms. The van der Waals surface area contributed by atoms with Crippen LogP contribution in [-0.2, 0) is 23.0 Å². The molecule has 3 aromatic rings. The number of halogens is 1. The first-order chi connectivity index (χ1) is 13.1. The van der Waals surface area contributed by atoms with Crippen LogP contribution in [0.1, 0.15) is 11.1 Å². The van der Waals surface area contributed by atoms with Crippen LogP contribution < -0.4 is 9.96 Å². The quantitative estimate of drug-likeness (QED) is 0.221. The standard InChI is InChI=1S/C19H20BIN2O4/c1-20(24)23-16-9-17(26-11-13-6-4-3-5-7-13)19-15(18(16)21)8-14(10-22-19)12-27-25-2/h3-10,23-24H,11-12H2,1-2H3. The maximum absolute atomic E-state index is 9.76. The van der Waals surface area contributed by atoms with Gasteiger partial charge in [-0.1, -0.05) is 30.3 Å². The highest BCUT2D eigenvalue weighted by Crippen LogP contribution is 2.35. The summed E-state index contributed by atoms with van der Waals surface area (Å²) in [6.07, 6.45) is 1.74. The van der Waals surface area contributed by atoms with E-state index in [4.69, 9.17) is 9.62 Å². The van der Waals surface area contributed by atoms with Crippen LogP contribution >= 0.6 is 22.6 Å². The minimum Gasteiger partial charge on any atom is -0.487 e. The summed E-state index contributed by atoms with van der Waals surface area (Å²) in [6.45, 7) is 2.40. The molecule has 0 saturated heterocycles. The number of pyridine rings is 1. The summed E-state index contributed by atoms with van der Waals surface area (Å²) in [5.41, 5.74) is 3.49. The van der Waals surface area contributed by atoms with Gasteiger partial charge in [0.05, 0.1) is 7.11 Å². The van der Waals surface area contributed by atoms with Gasteiger partial charge in [-0.3, -0.25) is 4.98 Å². The van der Waals surface area contributed by atoms with E-state index in [1.807, 2.05) is 42.5 Å². The van der Waals surface area contributed by atoms with E-state index in [0.717, 1.165) is 31.3 Å². The zero-order valence-electron chi connectivity index (χ0n) is 15.1. The van der Waals surface area contributed by atoms with Gasteiger partial charge in [-0.15, -0.1) is 0 Å². The number of nitrogens with one attached hydrogen (secondary N) is 1. The molecule has 1 aromatic heterocycles. The highest BCUT2D eigenvalue weighted by molar-refractivity contribution is 14.1. The molecule has 6 nitrogen and oxygen atoms in total. The van der Waals surface area contributed by atoms with Gasteiger partial charge in [0.15, 0.2) is 0 Å². The first-order valence-electron chi connectivity index (χ1n) is 8.46. The summed E-state index contributed by atoms with van der Waals surface area (Å²) in [6, 6.07) is 13.8.